The monoisotopic (exact) mass is 194 g/mol. The van der Waals surface area contributed by atoms with Gasteiger partial charge in [-0.3, -0.25) is 0 Å². The quantitative estimate of drug-likeness (QED) is 0.628. The Labute approximate surface area is 74.9 Å². The molecule has 1 atom stereocenters. The van der Waals surface area contributed by atoms with Gasteiger partial charge in [0.1, 0.15) is 0 Å². The van der Waals surface area contributed by atoms with Crippen LogP contribution in [0.1, 0.15) is 32.1 Å². The van der Waals surface area contributed by atoms with Gasteiger partial charge < -0.3 is 5.11 Å². The number of hydrogen-bond donors (Lipinski definition) is 1. The average molecular weight is 194 g/mol. The summed E-state index contributed by atoms with van der Waals surface area (Å²) in [7, 11) is 0. The molecular formula is C9H13F3O. The topological polar surface area (TPSA) is 20.2 Å². The van der Waals surface area contributed by atoms with Crippen molar-refractivity contribution < 1.29 is 18.3 Å². The molecule has 3 aliphatic rings. The molecule has 3 saturated carbocycles. The molecular weight excluding hydrogens is 181 g/mol. The molecule has 1 unspecified atom stereocenters. The van der Waals surface area contributed by atoms with Crippen molar-refractivity contribution in [2.24, 2.45) is 11.8 Å². The molecule has 0 radical (unpaired) electrons. The van der Waals surface area contributed by atoms with Crippen molar-refractivity contribution >= 4 is 0 Å². The van der Waals surface area contributed by atoms with Gasteiger partial charge in [0.05, 0.1) is 0 Å². The second kappa shape index (κ2) is 2.62. The minimum absolute atomic E-state index is 0.0683. The van der Waals surface area contributed by atoms with Crippen molar-refractivity contribution in [2.75, 3.05) is 0 Å². The van der Waals surface area contributed by atoms with Crippen molar-refractivity contribution in [3.8, 4) is 0 Å². The molecule has 0 spiro atoms. The van der Waals surface area contributed by atoms with Crippen LogP contribution in [-0.2, 0) is 0 Å². The zero-order valence-corrected chi connectivity index (χ0v) is 7.27. The van der Waals surface area contributed by atoms with Crippen LogP contribution in [0.4, 0.5) is 13.2 Å². The lowest BCUT2D eigenvalue weighted by Crippen LogP contribution is -2.57. The third-order valence-corrected chi connectivity index (χ3v) is 3.61. The minimum Gasteiger partial charge on any atom is -0.380 e. The average Bonchev–Trinajstić information content (AvgIpc) is 2.04. The Hall–Kier alpha value is -0.250. The number of alkyl halides is 3. The molecule has 0 saturated heterocycles. The summed E-state index contributed by atoms with van der Waals surface area (Å²) in [5.41, 5.74) is -2.37. The van der Waals surface area contributed by atoms with Crippen molar-refractivity contribution in [1.29, 1.82) is 0 Å². The van der Waals surface area contributed by atoms with Gasteiger partial charge in [-0.25, -0.2) is 0 Å². The van der Waals surface area contributed by atoms with E-state index in [4.69, 9.17) is 0 Å². The van der Waals surface area contributed by atoms with E-state index in [2.05, 4.69) is 0 Å². The van der Waals surface area contributed by atoms with Crippen molar-refractivity contribution in [3.63, 3.8) is 0 Å². The molecule has 2 bridgehead atoms. The molecule has 3 aliphatic carbocycles. The van der Waals surface area contributed by atoms with Crippen LogP contribution >= 0.6 is 0 Å². The lowest BCUT2D eigenvalue weighted by Gasteiger charge is -2.48. The van der Waals surface area contributed by atoms with E-state index < -0.39 is 17.7 Å². The number of aliphatic hydroxyl groups is 1. The van der Waals surface area contributed by atoms with E-state index in [0.29, 0.717) is 12.8 Å². The van der Waals surface area contributed by atoms with Gasteiger partial charge in [0.15, 0.2) is 5.60 Å². The fourth-order valence-electron chi connectivity index (χ4n) is 2.80. The van der Waals surface area contributed by atoms with Gasteiger partial charge in [0.2, 0.25) is 0 Å². The number of rotatable bonds is 0. The zero-order chi connectivity index (χ0) is 9.69. The van der Waals surface area contributed by atoms with Crippen LogP contribution in [0.15, 0.2) is 0 Å². The third kappa shape index (κ3) is 1.26. The van der Waals surface area contributed by atoms with Gasteiger partial charge in [-0.15, -0.1) is 0 Å². The molecule has 0 aromatic rings. The maximum atomic E-state index is 12.5. The number of hydrogen-bond acceptors (Lipinski definition) is 1. The molecule has 76 valence electrons. The van der Waals surface area contributed by atoms with Crippen LogP contribution < -0.4 is 0 Å². The normalized spacial score (nSPS) is 45.2. The molecule has 0 heterocycles. The van der Waals surface area contributed by atoms with E-state index in [9.17, 15) is 18.3 Å². The maximum Gasteiger partial charge on any atom is 0.417 e. The Morgan fingerprint density at radius 1 is 1.08 bits per heavy atom. The van der Waals surface area contributed by atoms with Crippen molar-refractivity contribution in [1.82, 2.24) is 0 Å². The molecule has 1 nitrogen and oxygen atoms in total. The summed E-state index contributed by atoms with van der Waals surface area (Å²) in [6.45, 7) is 0. The smallest absolute Gasteiger partial charge is 0.380 e. The van der Waals surface area contributed by atoms with E-state index in [-0.39, 0.29) is 12.3 Å². The van der Waals surface area contributed by atoms with E-state index in [1.54, 1.807) is 0 Å². The summed E-state index contributed by atoms with van der Waals surface area (Å²) in [6.07, 6.45) is -1.69. The van der Waals surface area contributed by atoms with Crippen LogP contribution in [-0.4, -0.2) is 16.9 Å². The second-order valence-corrected chi connectivity index (χ2v) is 4.34. The summed E-state index contributed by atoms with van der Waals surface area (Å²) < 4.78 is 37.6. The second-order valence-electron chi connectivity index (χ2n) is 4.34. The summed E-state index contributed by atoms with van der Waals surface area (Å²) in [6, 6.07) is 0. The maximum absolute atomic E-state index is 12.5. The molecule has 13 heavy (non-hydrogen) atoms. The summed E-state index contributed by atoms with van der Waals surface area (Å²) in [5, 5.41) is 9.57. The van der Waals surface area contributed by atoms with E-state index in [1.807, 2.05) is 0 Å². The molecule has 3 fully saturated rings. The Bertz CT molecular complexity index is 205. The van der Waals surface area contributed by atoms with Gasteiger partial charge in [-0.1, -0.05) is 0 Å². The Morgan fingerprint density at radius 2 is 1.62 bits per heavy atom. The first-order valence-corrected chi connectivity index (χ1v) is 4.72. The van der Waals surface area contributed by atoms with Crippen LogP contribution in [0.2, 0.25) is 0 Å². The highest BCUT2D eigenvalue weighted by Crippen LogP contribution is 2.53. The summed E-state index contributed by atoms with van der Waals surface area (Å²) in [4.78, 5) is 0. The fraction of sp³-hybridized carbons (Fsp3) is 1.00. The van der Waals surface area contributed by atoms with E-state index in [1.165, 1.54) is 0 Å². The Balaban J connectivity index is 2.24. The SMILES string of the molecule is OC1(C(F)(F)F)CC2CCC1CC2. The first-order chi connectivity index (χ1) is 5.93. The molecule has 0 aromatic carbocycles. The number of halogens is 3. The fourth-order valence-corrected chi connectivity index (χ4v) is 2.80. The van der Waals surface area contributed by atoms with Gasteiger partial charge in [0, 0.05) is 0 Å². The minimum atomic E-state index is -4.43. The zero-order valence-electron chi connectivity index (χ0n) is 7.27. The molecule has 1 N–H and O–H groups in total. The predicted molar refractivity (Wildman–Crippen MR) is 41.1 cm³/mol. The van der Waals surface area contributed by atoms with Crippen molar-refractivity contribution in [2.45, 2.75) is 43.9 Å². The highest BCUT2D eigenvalue weighted by atomic mass is 19.4. The molecule has 0 amide bonds. The first-order valence-electron chi connectivity index (χ1n) is 4.72. The molecule has 0 aromatic heterocycles. The van der Waals surface area contributed by atoms with Gasteiger partial charge in [-0.05, 0) is 43.9 Å². The van der Waals surface area contributed by atoms with Crippen LogP contribution in [0.25, 0.3) is 0 Å². The van der Waals surface area contributed by atoms with Crippen LogP contribution in [0.5, 0.6) is 0 Å². The van der Waals surface area contributed by atoms with Gasteiger partial charge in [-0.2, -0.15) is 13.2 Å². The largest absolute Gasteiger partial charge is 0.417 e. The molecule has 0 aliphatic heterocycles. The van der Waals surface area contributed by atoms with E-state index in [0.717, 1.165) is 12.8 Å². The van der Waals surface area contributed by atoms with Crippen LogP contribution in [0, 0.1) is 11.8 Å². The highest BCUT2D eigenvalue weighted by molar-refractivity contribution is 5.01. The number of fused-ring (bicyclic) bond motifs is 3. The standard InChI is InChI=1S/C9H13F3O/c10-9(11,12)8(13)5-6-1-3-7(8)4-2-6/h6-7,13H,1-5H2. The highest BCUT2D eigenvalue weighted by Gasteiger charge is 2.61. The third-order valence-electron chi connectivity index (χ3n) is 3.61. The first kappa shape index (κ1) is 9.31. The lowest BCUT2D eigenvalue weighted by molar-refractivity contribution is -0.302. The van der Waals surface area contributed by atoms with Crippen molar-refractivity contribution in [3.05, 3.63) is 0 Å². The summed E-state index contributed by atoms with van der Waals surface area (Å²) >= 11 is 0. The Kier molecular flexibility index (Phi) is 1.88. The van der Waals surface area contributed by atoms with Gasteiger partial charge >= 0.3 is 6.18 Å². The molecule has 4 heteroatoms. The summed E-state index contributed by atoms with van der Waals surface area (Å²) in [5.74, 6) is -0.450. The Morgan fingerprint density at radius 3 is 1.85 bits per heavy atom. The van der Waals surface area contributed by atoms with E-state index >= 15 is 0 Å². The predicted octanol–water partition coefficient (Wildman–Crippen LogP) is 2.49. The molecule has 3 rings (SSSR count). The van der Waals surface area contributed by atoms with Crippen LogP contribution in [0.3, 0.4) is 0 Å². The lowest BCUT2D eigenvalue weighted by atomic mass is 9.62. The van der Waals surface area contributed by atoms with Gasteiger partial charge in [0.25, 0.3) is 0 Å².